The summed E-state index contributed by atoms with van der Waals surface area (Å²) in [6, 6.07) is 13.7. The Morgan fingerprint density at radius 2 is 1.54 bits per heavy atom. The topological polar surface area (TPSA) is 76.7 Å². The third-order valence-corrected chi connectivity index (χ3v) is 9.28. The summed E-state index contributed by atoms with van der Waals surface area (Å²) in [6.45, 7) is 4.74. The molecule has 2 aromatic carbocycles. The number of amides is 2. The minimum Gasteiger partial charge on any atom is -0.350 e. The molecular formula is C33H39FN4O3. The van der Waals surface area contributed by atoms with Crippen LogP contribution in [0.15, 0.2) is 48.5 Å². The Balaban J connectivity index is 1.10. The summed E-state index contributed by atoms with van der Waals surface area (Å²) in [5.74, 6) is -0.373. The molecule has 3 saturated heterocycles. The van der Waals surface area contributed by atoms with Crippen LogP contribution in [0.3, 0.4) is 0 Å². The number of ketones is 1. The van der Waals surface area contributed by atoms with E-state index in [0.717, 1.165) is 95.0 Å². The quantitative estimate of drug-likeness (QED) is 0.388. The van der Waals surface area contributed by atoms with Gasteiger partial charge in [0.25, 0.3) is 11.8 Å². The average Bonchev–Trinajstić information content (AvgIpc) is 3.65. The number of benzene rings is 2. The van der Waals surface area contributed by atoms with Gasteiger partial charge in [-0.05, 0) is 94.8 Å². The Morgan fingerprint density at radius 1 is 0.805 bits per heavy atom. The molecule has 6 rings (SSSR count). The lowest BCUT2D eigenvalue weighted by molar-refractivity contribution is 0.0674. The first-order valence-corrected chi connectivity index (χ1v) is 15.2. The molecule has 1 N–H and O–H groups in total. The highest BCUT2D eigenvalue weighted by atomic mass is 19.1. The number of aromatic amines is 1. The predicted octanol–water partition coefficient (Wildman–Crippen LogP) is 5.52. The average molecular weight is 559 g/mol. The predicted molar refractivity (Wildman–Crippen MR) is 157 cm³/mol. The van der Waals surface area contributed by atoms with Crippen molar-refractivity contribution in [2.24, 2.45) is 5.92 Å². The monoisotopic (exact) mass is 558 g/mol. The minimum atomic E-state index is -0.329. The summed E-state index contributed by atoms with van der Waals surface area (Å²) in [6.07, 6.45) is 7.52. The van der Waals surface area contributed by atoms with E-state index >= 15 is 0 Å². The summed E-state index contributed by atoms with van der Waals surface area (Å²) in [5.41, 5.74) is 2.35. The molecule has 3 aliphatic heterocycles. The van der Waals surface area contributed by atoms with Gasteiger partial charge < -0.3 is 19.7 Å². The van der Waals surface area contributed by atoms with Crippen molar-refractivity contribution in [3.8, 4) is 0 Å². The molecule has 3 aromatic rings. The van der Waals surface area contributed by atoms with Crippen LogP contribution in [-0.4, -0.2) is 82.6 Å². The van der Waals surface area contributed by atoms with Crippen LogP contribution < -0.4 is 0 Å². The molecule has 3 aliphatic rings. The standard InChI is InChI=1S/C33H39FN4O3/c34-25-12-10-23(11-13-25)31(39)24-14-20-36(21-15-24)22-16-26-7-6-19-38(26)33(41)30-29(27-8-2-3-9-28(27)35-30)32(40)37-17-4-1-5-18-37/h2-3,8-13,24,26,35H,1,4-7,14-22H2. The fourth-order valence-electron chi connectivity index (χ4n) is 6.93. The SMILES string of the molecule is O=C(c1ccc(F)cc1)C1CCN(CCC2CCCN2C(=O)c2[nH]c3ccccc3c2C(=O)N2CCCCC2)CC1. The van der Waals surface area contributed by atoms with Crippen molar-refractivity contribution in [1.82, 2.24) is 19.7 Å². The number of H-pyrrole nitrogens is 1. The maximum atomic E-state index is 14.0. The molecule has 0 bridgehead atoms. The first-order valence-electron chi connectivity index (χ1n) is 15.2. The van der Waals surface area contributed by atoms with Crippen molar-refractivity contribution >= 4 is 28.5 Å². The number of fused-ring (bicyclic) bond motifs is 1. The third-order valence-electron chi connectivity index (χ3n) is 9.28. The first-order chi connectivity index (χ1) is 20.0. The van der Waals surface area contributed by atoms with Gasteiger partial charge in [-0.3, -0.25) is 14.4 Å². The summed E-state index contributed by atoms with van der Waals surface area (Å²) in [4.78, 5) is 50.2. The van der Waals surface area contributed by atoms with E-state index in [9.17, 15) is 18.8 Å². The molecule has 41 heavy (non-hydrogen) atoms. The molecular weight excluding hydrogens is 519 g/mol. The molecule has 0 aliphatic carbocycles. The van der Waals surface area contributed by atoms with Crippen LogP contribution in [0.25, 0.3) is 10.9 Å². The van der Waals surface area contributed by atoms with Crippen LogP contribution in [0.5, 0.6) is 0 Å². The van der Waals surface area contributed by atoms with Crippen molar-refractivity contribution in [2.75, 3.05) is 39.3 Å². The lowest BCUT2D eigenvalue weighted by Crippen LogP contribution is -2.42. The van der Waals surface area contributed by atoms with Gasteiger partial charge in [0.1, 0.15) is 11.5 Å². The number of hydrogen-bond acceptors (Lipinski definition) is 4. The Bertz CT molecular complexity index is 1400. The zero-order valence-electron chi connectivity index (χ0n) is 23.6. The number of nitrogens with zero attached hydrogens (tertiary/aromatic N) is 3. The number of carbonyl (C=O) groups is 3. The number of halogens is 1. The molecule has 1 unspecified atom stereocenters. The number of rotatable bonds is 7. The molecule has 2 amide bonds. The summed E-state index contributed by atoms with van der Waals surface area (Å²) in [5, 5.41) is 0.820. The van der Waals surface area contributed by atoms with E-state index in [2.05, 4.69) is 9.88 Å². The highest BCUT2D eigenvalue weighted by Crippen LogP contribution is 2.30. The van der Waals surface area contributed by atoms with Crippen LogP contribution in [-0.2, 0) is 0 Å². The van der Waals surface area contributed by atoms with Crippen LogP contribution in [0.2, 0.25) is 0 Å². The second-order valence-electron chi connectivity index (χ2n) is 11.8. The number of likely N-dealkylation sites (tertiary alicyclic amines) is 3. The van der Waals surface area contributed by atoms with Crippen molar-refractivity contribution in [3.05, 3.63) is 71.2 Å². The summed E-state index contributed by atoms with van der Waals surface area (Å²) in [7, 11) is 0. The number of nitrogens with one attached hydrogen (secondary N) is 1. The van der Waals surface area contributed by atoms with E-state index in [1.807, 2.05) is 34.1 Å². The molecule has 0 radical (unpaired) electrons. The number of hydrogen-bond donors (Lipinski definition) is 1. The lowest BCUT2D eigenvalue weighted by Gasteiger charge is -2.33. The number of aromatic nitrogens is 1. The van der Waals surface area contributed by atoms with Gasteiger partial charge in [0, 0.05) is 54.6 Å². The van der Waals surface area contributed by atoms with E-state index < -0.39 is 0 Å². The summed E-state index contributed by atoms with van der Waals surface area (Å²) >= 11 is 0. The van der Waals surface area contributed by atoms with Gasteiger partial charge in [-0.1, -0.05) is 18.2 Å². The lowest BCUT2D eigenvalue weighted by atomic mass is 9.88. The highest BCUT2D eigenvalue weighted by molar-refractivity contribution is 6.15. The number of Topliss-reactive ketones (excluding diaryl/α,β-unsaturated/α-hetero) is 1. The molecule has 0 saturated carbocycles. The molecule has 3 fully saturated rings. The van der Waals surface area contributed by atoms with E-state index in [4.69, 9.17) is 0 Å². The smallest absolute Gasteiger partial charge is 0.271 e. The Morgan fingerprint density at radius 3 is 2.29 bits per heavy atom. The van der Waals surface area contributed by atoms with E-state index in [0.29, 0.717) is 23.4 Å². The molecule has 0 spiro atoms. The number of para-hydroxylation sites is 1. The molecule has 4 heterocycles. The van der Waals surface area contributed by atoms with Gasteiger partial charge in [0.05, 0.1) is 5.56 Å². The van der Waals surface area contributed by atoms with Gasteiger partial charge in [0.15, 0.2) is 5.78 Å². The van der Waals surface area contributed by atoms with Gasteiger partial charge in [-0.15, -0.1) is 0 Å². The maximum Gasteiger partial charge on any atom is 0.271 e. The van der Waals surface area contributed by atoms with E-state index in [-0.39, 0.29) is 35.4 Å². The van der Waals surface area contributed by atoms with Crippen molar-refractivity contribution in [1.29, 1.82) is 0 Å². The first kappa shape index (κ1) is 27.6. The third kappa shape index (κ3) is 5.80. The second-order valence-corrected chi connectivity index (χ2v) is 11.8. The minimum absolute atomic E-state index is 0.0286. The van der Waals surface area contributed by atoms with Crippen molar-refractivity contribution < 1.29 is 18.8 Å². The molecule has 8 heteroatoms. The fraction of sp³-hybridized carbons (Fsp3) is 0.485. The molecule has 7 nitrogen and oxygen atoms in total. The number of carbonyl (C=O) groups excluding carboxylic acids is 3. The highest BCUT2D eigenvalue weighted by Gasteiger charge is 2.35. The molecule has 1 atom stereocenters. The zero-order valence-corrected chi connectivity index (χ0v) is 23.6. The van der Waals surface area contributed by atoms with Crippen molar-refractivity contribution in [3.63, 3.8) is 0 Å². The zero-order chi connectivity index (χ0) is 28.3. The van der Waals surface area contributed by atoms with E-state index in [1.165, 1.54) is 12.1 Å². The Hall–Kier alpha value is -3.52. The maximum absolute atomic E-state index is 14.0. The molecule has 216 valence electrons. The van der Waals surface area contributed by atoms with Gasteiger partial charge in [-0.2, -0.15) is 0 Å². The van der Waals surface area contributed by atoms with Crippen LogP contribution in [0.4, 0.5) is 4.39 Å². The Kier molecular flexibility index (Phi) is 8.19. The second kappa shape index (κ2) is 12.1. The number of piperidine rings is 2. The van der Waals surface area contributed by atoms with Gasteiger partial charge >= 0.3 is 0 Å². The largest absolute Gasteiger partial charge is 0.350 e. The van der Waals surface area contributed by atoms with Crippen LogP contribution >= 0.6 is 0 Å². The van der Waals surface area contributed by atoms with Crippen LogP contribution in [0.1, 0.15) is 82.6 Å². The van der Waals surface area contributed by atoms with Gasteiger partial charge in [-0.25, -0.2) is 4.39 Å². The van der Waals surface area contributed by atoms with Crippen LogP contribution in [0, 0.1) is 11.7 Å². The summed E-state index contributed by atoms with van der Waals surface area (Å²) < 4.78 is 13.3. The van der Waals surface area contributed by atoms with Gasteiger partial charge in [0.2, 0.25) is 0 Å². The van der Waals surface area contributed by atoms with Crippen molar-refractivity contribution in [2.45, 2.75) is 57.4 Å². The fourth-order valence-corrected chi connectivity index (χ4v) is 6.93. The Labute approximate surface area is 240 Å². The van der Waals surface area contributed by atoms with E-state index in [1.54, 1.807) is 12.1 Å². The normalized spacial score (nSPS) is 20.6. The molecule has 1 aromatic heterocycles.